The zero-order valence-electron chi connectivity index (χ0n) is 14.6. The zero-order chi connectivity index (χ0) is 17.2. The summed E-state index contributed by atoms with van der Waals surface area (Å²) in [5, 5.41) is 6.20. The van der Waals surface area contributed by atoms with Gasteiger partial charge in [0.05, 0.1) is 23.4 Å². The molecule has 3 aromatic rings. The number of benzene rings is 2. The van der Waals surface area contributed by atoms with E-state index in [-0.39, 0.29) is 5.41 Å². The van der Waals surface area contributed by atoms with Gasteiger partial charge in [0.2, 0.25) is 0 Å². The van der Waals surface area contributed by atoms with Gasteiger partial charge >= 0.3 is 0 Å². The van der Waals surface area contributed by atoms with E-state index in [1.54, 1.807) is 11.2 Å². The molecule has 4 nitrogen and oxygen atoms in total. The molecule has 0 saturated carbocycles. The summed E-state index contributed by atoms with van der Waals surface area (Å²) in [4.78, 5) is 9.00. The van der Waals surface area contributed by atoms with Crippen LogP contribution in [-0.4, -0.2) is 23.2 Å². The number of anilines is 1. The van der Waals surface area contributed by atoms with Gasteiger partial charge in [0.1, 0.15) is 0 Å². The molecule has 1 heterocycles. The predicted molar refractivity (Wildman–Crippen MR) is 101 cm³/mol. The summed E-state index contributed by atoms with van der Waals surface area (Å²) in [6.07, 6.45) is 3.58. The van der Waals surface area contributed by atoms with Crippen LogP contribution in [0.15, 0.2) is 59.8 Å². The molecule has 0 radical (unpaired) electrons. The third-order valence-electron chi connectivity index (χ3n) is 3.92. The molecule has 4 heteroatoms. The lowest BCUT2D eigenvalue weighted by molar-refractivity contribution is 0.590. The second kappa shape index (κ2) is 6.40. The minimum atomic E-state index is 0.160. The van der Waals surface area contributed by atoms with Gasteiger partial charge in [-0.3, -0.25) is 4.98 Å². The first-order chi connectivity index (χ1) is 11.4. The number of hydrogen-bond donors (Lipinski definition) is 0. The van der Waals surface area contributed by atoms with Gasteiger partial charge in [-0.25, -0.2) is 9.99 Å². The summed E-state index contributed by atoms with van der Waals surface area (Å²) in [6.45, 7) is 6.63. The number of para-hydroxylation sites is 2. The van der Waals surface area contributed by atoms with E-state index >= 15 is 0 Å². The summed E-state index contributed by atoms with van der Waals surface area (Å²) in [5.74, 6) is 0.719. The van der Waals surface area contributed by atoms with E-state index in [0.717, 1.165) is 22.4 Å². The predicted octanol–water partition coefficient (Wildman–Crippen LogP) is 4.40. The number of hydrogen-bond acceptors (Lipinski definition) is 4. The van der Waals surface area contributed by atoms with Gasteiger partial charge in [0.25, 0.3) is 0 Å². The minimum Gasteiger partial charge on any atom is -0.251 e. The van der Waals surface area contributed by atoms with Crippen LogP contribution in [0.1, 0.15) is 31.9 Å². The molecular weight excluding hydrogens is 296 g/mol. The fourth-order valence-corrected chi connectivity index (χ4v) is 2.38. The smallest absolute Gasteiger partial charge is 0.167 e. The molecule has 2 aromatic carbocycles. The number of aromatic nitrogens is 2. The maximum Gasteiger partial charge on any atom is 0.167 e. The second-order valence-corrected chi connectivity index (χ2v) is 6.86. The maximum absolute atomic E-state index is 4.58. The molecule has 1 aromatic heterocycles. The Bertz CT molecular complexity index is 861. The van der Waals surface area contributed by atoms with Gasteiger partial charge in [-0.1, -0.05) is 57.2 Å². The van der Waals surface area contributed by atoms with Gasteiger partial charge in [-0.05, 0) is 28.7 Å². The Hall–Kier alpha value is -2.75. The van der Waals surface area contributed by atoms with Gasteiger partial charge in [-0.2, -0.15) is 5.10 Å². The Morgan fingerprint density at radius 3 is 2.29 bits per heavy atom. The molecule has 0 N–H and O–H groups in total. The number of hydrazone groups is 1. The van der Waals surface area contributed by atoms with E-state index in [1.807, 2.05) is 37.5 Å². The molecule has 0 spiro atoms. The van der Waals surface area contributed by atoms with Gasteiger partial charge in [0.15, 0.2) is 5.82 Å². The van der Waals surface area contributed by atoms with Crippen LogP contribution in [0.4, 0.5) is 5.82 Å². The molecule has 0 aliphatic carbocycles. The van der Waals surface area contributed by atoms with Gasteiger partial charge in [0, 0.05) is 7.05 Å². The lowest BCUT2D eigenvalue weighted by atomic mass is 9.87. The number of rotatable bonds is 3. The summed E-state index contributed by atoms with van der Waals surface area (Å²) in [6, 6.07) is 16.3. The summed E-state index contributed by atoms with van der Waals surface area (Å²) < 4.78 is 0. The molecule has 0 fully saturated rings. The molecule has 0 aliphatic heterocycles. The molecule has 0 saturated heterocycles. The fraction of sp³-hybridized carbons (Fsp3) is 0.250. The van der Waals surface area contributed by atoms with Crippen LogP contribution < -0.4 is 5.01 Å². The molecule has 3 rings (SSSR count). The first-order valence-electron chi connectivity index (χ1n) is 8.03. The molecular formula is C20H22N4. The lowest BCUT2D eigenvalue weighted by Gasteiger charge is -2.18. The van der Waals surface area contributed by atoms with Crippen LogP contribution >= 0.6 is 0 Å². The second-order valence-electron chi connectivity index (χ2n) is 6.86. The Morgan fingerprint density at radius 1 is 0.958 bits per heavy atom. The van der Waals surface area contributed by atoms with Crippen molar-refractivity contribution in [2.75, 3.05) is 12.1 Å². The number of fused-ring (bicyclic) bond motifs is 1. The van der Waals surface area contributed by atoms with Crippen molar-refractivity contribution in [1.82, 2.24) is 9.97 Å². The van der Waals surface area contributed by atoms with Crippen molar-refractivity contribution >= 4 is 23.1 Å². The Kier molecular flexibility index (Phi) is 4.30. The fourth-order valence-electron chi connectivity index (χ4n) is 2.38. The van der Waals surface area contributed by atoms with Crippen LogP contribution in [0, 0.1) is 0 Å². The van der Waals surface area contributed by atoms with E-state index in [4.69, 9.17) is 0 Å². The van der Waals surface area contributed by atoms with E-state index in [1.165, 1.54) is 5.56 Å². The van der Waals surface area contributed by atoms with E-state index in [9.17, 15) is 0 Å². The van der Waals surface area contributed by atoms with Crippen molar-refractivity contribution in [3.63, 3.8) is 0 Å². The lowest BCUT2D eigenvalue weighted by Crippen LogP contribution is -2.12. The highest BCUT2D eigenvalue weighted by molar-refractivity contribution is 5.80. The van der Waals surface area contributed by atoms with Crippen LogP contribution in [0.3, 0.4) is 0 Å². The standard InChI is InChI=1S/C20H22N4/c1-20(2,3)16-11-9-15(10-12-16)13-22-24(4)19-14-21-17-7-5-6-8-18(17)23-19/h5-14H,1-4H3/b22-13+. The molecule has 122 valence electrons. The van der Waals surface area contributed by atoms with E-state index in [0.29, 0.717) is 0 Å². The highest BCUT2D eigenvalue weighted by atomic mass is 15.5. The first-order valence-corrected chi connectivity index (χ1v) is 8.03. The Morgan fingerprint density at radius 2 is 1.62 bits per heavy atom. The first kappa shape index (κ1) is 16.1. The normalized spacial score (nSPS) is 12.0. The molecule has 0 aliphatic rings. The van der Waals surface area contributed by atoms with Crippen molar-refractivity contribution in [3.8, 4) is 0 Å². The zero-order valence-corrected chi connectivity index (χ0v) is 14.6. The van der Waals surface area contributed by atoms with Crippen LogP contribution in [0.5, 0.6) is 0 Å². The minimum absolute atomic E-state index is 0.160. The highest BCUT2D eigenvalue weighted by Gasteiger charge is 2.12. The quantitative estimate of drug-likeness (QED) is 0.531. The van der Waals surface area contributed by atoms with Crippen LogP contribution in [0.25, 0.3) is 11.0 Å². The third-order valence-corrected chi connectivity index (χ3v) is 3.92. The maximum atomic E-state index is 4.58. The average Bonchev–Trinajstić information content (AvgIpc) is 2.59. The average molecular weight is 318 g/mol. The summed E-state index contributed by atoms with van der Waals surface area (Å²) in [7, 11) is 1.87. The largest absolute Gasteiger partial charge is 0.251 e. The summed E-state index contributed by atoms with van der Waals surface area (Å²) >= 11 is 0. The van der Waals surface area contributed by atoms with Crippen LogP contribution in [0.2, 0.25) is 0 Å². The van der Waals surface area contributed by atoms with Crippen molar-refractivity contribution < 1.29 is 0 Å². The van der Waals surface area contributed by atoms with Crippen molar-refractivity contribution in [3.05, 3.63) is 65.9 Å². The molecule has 0 amide bonds. The van der Waals surface area contributed by atoms with Crippen LogP contribution in [-0.2, 0) is 5.41 Å². The van der Waals surface area contributed by atoms with Crippen molar-refractivity contribution in [1.29, 1.82) is 0 Å². The number of nitrogens with zero attached hydrogens (tertiary/aromatic N) is 4. The van der Waals surface area contributed by atoms with Crippen molar-refractivity contribution in [2.24, 2.45) is 5.10 Å². The Balaban J connectivity index is 1.77. The molecule has 0 unspecified atom stereocenters. The van der Waals surface area contributed by atoms with E-state index < -0.39 is 0 Å². The monoisotopic (exact) mass is 318 g/mol. The highest BCUT2D eigenvalue weighted by Crippen LogP contribution is 2.22. The Labute approximate surface area is 142 Å². The topological polar surface area (TPSA) is 41.4 Å². The summed E-state index contributed by atoms with van der Waals surface area (Å²) in [5.41, 5.74) is 4.28. The third kappa shape index (κ3) is 3.59. The van der Waals surface area contributed by atoms with Crippen molar-refractivity contribution in [2.45, 2.75) is 26.2 Å². The molecule has 0 atom stereocenters. The SMILES string of the molecule is CN(/N=C/c1ccc(C(C)(C)C)cc1)c1cnc2ccccc2n1. The molecule has 24 heavy (non-hydrogen) atoms. The van der Waals surface area contributed by atoms with E-state index in [2.05, 4.69) is 60.1 Å². The molecule has 0 bridgehead atoms. The van der Waals surface area contributed by atoms with Gasteiger partial charge in [-0.15, -0.1) is 0 Å². The van der Waals surface area contributed by atoms with Gasteiger partial charge < -0.3 is 0 Å².